The van der Waals surface area contributed by atoms with E-state index in [1.165, 1.54) is 25.7 Å². The highest BCUT2D eigenvalue weighted by Crippen LogP contribution is 2.38. The average molecular weight is 253 g/mol. The lowest BCUT2D eigenvalue weighted by Gasteiger charge is -2.12. The van der Waals surface area contributed by atoms with Crippen LogP contribution in [-0.4, -0.2) is 9.97 Å². The first-order valence-electron chi connectivity index (χ1n) is 6.59. The molecule has 0 amide bonds. The van der Waals surface area contributed by atoms with E-state index in [4.69, 9.17) is 11.6 Å². The summed E-state index contributed by atoms with van der Waals surface area (Å²) in [5.41, 5.74) is 2.10. The fraction of sp³-hybridized carbons (Fsp3) is 0.714. The monoisotopic (exact) mass is 252 g/mol. The lowest BCUT2D eigenvalue weighted by molar-refractivity contribution is 0.516. The Morgan fingerprint density at radius 1 is 1.47 bits per heavy atom. The first kappa shape index (κ1) is 12.8. The highest BCUT2D eigenvalue weighted by molar-refractivity contribution is 6.20. The second-order valence-corrected chi connectivity index (χ2v) is 5.82. The average Bonchev–Trinajstić information content (AvgIpc) is 2.76. The molecule has 94 valence electrons. The molecule has 3 heteroatoms. The van der Waals surface area contributed by atoms with Gasteiger partial charge in [-0.25, -0.2) is 9.97 Å². The molecule has 2 nitrogen and oxygen atoms in total. The molecule has 1 aromatic rings. The summed E-state index contributed by atoms with van der Waals surface area (Å²) in [5.74, 6) is 2.47. The molecule has 1 fully saturated rings. The van der Waals surface area contributed by atoms with E-state index < -0.39 is 0 Å². The molecule has 1 aromatic heterocycles. The van der Waals surface area contributed by atoms with Crippen molar-refractivity contribution in [2.75, 3.05) is 0 Å². The summed E-state index contributed by atoms with van der Waals surface area (Å²) in [4.78, 5) is 9.17. The van der Waals surface area contributed by atoms with Crippen molar-refractivity contribution in [3.63, 3.8) is 0 Å². The minimum atomic E-state index is -0.00369. The Bertz CT molecular complexity index is 390. The van der Waals surface area contributed by atoms with Crippen LogP contribution in [0, 0.1) is 12.8 Å². The van der Waals surface area contributed by atoms with Crippen molar-refractivity contribution in [3.05, 3.63) is 23.3 Å². The summed E-state index contributed by atoms with van der Waals surface area (Å²) in [6.07, 6.45) is 7.03. The van der Waals surface area contributed by atoms with Gasteiger partial charge in [0.2, 0.25) is 0 Å². The van der Waals surface area contributed by atoms with E-state index in [-0.39, 0.29) is 5.38 Å². The molecular weight excluding hydrogens is 232 g/mol. The minimum Gasteiger partial charge on any atom is -0.241 e. The van der Waals surface area contributed by atoms with E-state index in [0.717, 1.165) is 23.0 Å². The molecule has 0 bridgehead atoms. The predicted molar refractivity (Wildman–Crippen MR) is 71.4 cm³/mol. The van der Waals surface area contributed by atoms with Crippen LogP contribution in [0.2, 0.25) is 0 Å². The predicted octanol–water partition coefficient (Wildman–Crippen LogP) is 4.38. The summed E-state index contributed by atoms with van der Waals surface area (Å²) in [6.45, 7) is 6.28. The van der Waals surface area contributed by atoms with Gasteiger partial charge in [0.1, 0.15) is 5.82 Å². The lowest BCUT2D eigenvalue weighted by Crippen LogP contribution is -2.05. The number of hydrogen-bond acceptors (Lipinski definition) is 2. The maximum atomic E-state index is 6.09. The largest absolute Gasteiger partial charge is 0.241 e. The Morgan fingerprint density at radius 2 is 2.24 bits per heavy atom. The zero-order valence-corrected chi connectivity index (χ0v) is 11.7. The molecule has 0 radical (unpaired) electrons. The number of aryl methyl sites for hydroxylation is 1. The van der Waals surface area contributed by atoms with Crippen molar-refractivity contribution in [2.45, 2.75) is 57.7 Å². The number of hydrogen-bond donors (Lipinski definition) is 0. The number of aromatic nitrogens is 2. The van der Waals surface area contributed by atoms with Crippen LogP contribution in [0.4, 0.5) is 0 Å². The minimum absolute atomic E-state index is 0.00369. The summed E-state index contributed by atoms with van der Waals surface area (Å²) in [5, 5.41) is -0.00369. The van der Waals surface area contributed by atoms with Crippen LogP contribution in [-0.2, 0) is 0 Å². The van der Waals surface area contributed by atoms with Gasteiger partial charge in [0.15, 0.2) is 0 Å². The molecule has 1 aliphatic rings. The maximum Gasteiger partial charge on any atom is 0.131 e. The second-order valence-electron chi connectivity index (χ2n) is 5.17. The first-order chi connectivity index (χ1) is 8.11. The van der Waals surface area contributed by atoms with E-state index in [9.17, 15) is 0 Å². The molecule has 1 aliphatic carbocycles. The van der Waals surface area contributed by atoms with E-state index in [1.54, 1.807) is 0 Å². The van der Waals surface area contributed by atoms with Crippen LogP contribution in [0.1, 0.15) is 67.9 Å². The zero-order chi connectivity index (χ0) is 12.4. The number of rotatable bonds is 3. The van der Waals surface area contributed by atoms with Crippen LogP contribution in [0.3, 0.4) is 0 Å². The molecule has 3 atom stereocenters. The number of halogens is 1. The van der Waals surface area contributed by atoms with Crippen molar-refractivity contribution >= 4 is 11.6 Å². The third kappa shape index (κ3) is 2.79. The highest BCUT2D eigenvalue weighted by Gasteiger charge is 2.27. The van der Waals surface area contributed by atoms with Crippen LogP contribution in [0.25, 0.3) is 0 Å². The highest BCUT2D eigenvalue weighted by atomic mass is 35.5. The lowest BCUT2D eigenvalue weighted by atomic mass is 10.0. The van der Waals surface area contributed by atoms with Crippen molar-refractivity contribution in [3.8, 4) is 0 Å². The molecule has 17 heavy (non-hydrogen) atoms. The quantitative estimate of drug-likeness (QED) is 0.746. The fourth-order valence-corrected chi connectivity index (χ4v) is 2.98. The van der Waals surface area contributed by atoms with Gasteiger partial charge in [-0.15, -0.1) is 11.6 Å². The first-order valence-corrected chi connectivity index (χ1v) is 7.03. The van der Waals surface area contributed by atoms with Crippen molar-refractivity contribution in [2.24, 2.45) is 5.92 Å². The molecule has 0 aliphatic heterocycles. The Hall–Kier alpha value is -0.630. The van der Waals surface area contributed by atoms with Gasteiger partial charge in [0, 0.05) is 23.4 Å². The normalized spacial score (nSPS) is 26.1. The van der Waals surface area contributed by atoms with Gasteiger partial charge in [0.05, 0.1) is 5.38 Å². The third-order valence-corrected chi connectivity index (χ3v) is 4.18. The molecule has 0 aromatic carbocycles. The van der Waals surface area contributed by atoms with Crippen LogP contribution in [0.15, 0.2) is 6.20 Å². The number of alkyl halides is 1. The van der Waals surface area contributed by atoms with Gasteiger partial charge in [-0.05, 0) is 39.0 Å². The van der Waals surface area contributed by atoms with Crippen molar-refractivity contribution in [1.29, 1.82) is 0 Å². The Kier molecular flexibility index (Phi) is 4.03. The fourth-order valence-electron chi connectivity index (χ4n) is 2.76. The van der Waals surface area contributed by atoms with Gasteiger partial charge >= 0.3 is 0 Å². The van der Waals surface area contributed by atoms with E-state index in [0.29, 0.717) is 5.92 Å². The molecule has 0 N–H and O–H groups in total. The molecule has 3 unspecified atom stereocenters. The van der Waals surface area contributed by atoms with Gasteiger partial charge in [-0.2, -0.15) is 0 Å². The molecule has 2 rings (SSSR count). The standard InChI is InChI=1S/C14H21ClN2/c1-4-11-5-6-12(7-11)14-16-8-13(9(2)15)10(3)17-14/h8-9,11-12H,4-7H2,1-3H3. The molecular formula is C14H21ClN2. The Labute approximate surface area is 109 Å². The van der Waals surface area contributed by atoms with Crippen LogP contribution in [0.5, 0.6) is 0 Å². The van der Waals surface area contributed by atoms with Crippen molar-refractivity contribution in [1.82, 2.24) is 9.97 Å². The van der Waals surface area contributed by atoms with Crippen molar-refractivity contribution < 1.29 is 0 Å². The van der Waals surface area contributed by atoms with Gasteiger partial charge in [-0.3, -0.25) is 0 Å². The summed E-state index contributed by atoms with van der Waals surface area (Å²) >= 11 is 6.09. The smallest absolute Gasteiger partial charge is 0.131 e. The summed E-state index contributed by atoms with van der Waals surface area (Å²) in [6, 6.07) is 0. The van der Waals surface area contributed by atoms with Gasteiger partial charge in [0.25, 0.3) is 0 Å². The van der Waals surface area contributed by atoms with Gasteiger partial charge < -0.3 is 0 Å². The third-order valence-electron chi connectivity index (χ3n) is 3.95. The van der Waals surface area contributed by atoms with Crippen LogP contribution < -0.4 is 0 Å². The second kappa shape index (κ2) is 5.34. The zero-order valence-electron chi connectivity index (χ0n) is 10.9. The Balaban J connectivity index is 2.15. The SMILES string of the molecule is CCC1CCC(c2ncc(C(C)Cl)c(C)n2)C1. The Morgan fingerprint density at radius 3 is 2.76 bits per heavy atom. The van der Waals surface area contributed by atoms with Gasteiger partial charge in [-0.1, -0.05) is 13.3 Å². The van der Waals surface area contributed by atoms with E-state index in [1.807, 2.05) is 20.0 Å². The molecule has 1 heterocycles. The van der Waals surface area contributed by atoms with E-state index in [2.05, 4.69) is 16.9 Å². The summed E-state index contributed by atoms with van der Waals surface area (Å²) in [7, 11) is 0. The molecule has 0 spiro atoms. The summed E-state index contributed by atoms with van der Waals surface area (Å²) < 4.78 is 0. The molecule has 0 saturated heterocycles. The van der Waals surface area contributed by atoms with E-state index >= 15 is 0 Å². The molecule has 1 saturated carbocycles. The maximum absolute atomic E-state index is 6.09. The van der Waals surface area contributed by atoms with Crippen LogP contribution >= 0.6 is 11.6 Å². The number of nitrogens with zero attached hydrogens (tertiary/aromatic N) is 2. The topological polar surface area (TPSA) is 25.8 Å².